The Morgan fingerprint density at radius 3 is 2.50 bits per heavy atom. The van der Waals surface area contributed by atoms with Gasteiger partial charge in [0.1, 0.15) is 0 Å². The highest BCUT2D eigenvalue weighted by Gasteiger charge is 2.40. The molecule has 1 amide bonds. The first kappa shape index (κ1) is 15.0. The summed E-state index contributed by atoms with van der Waals surface area (Å²) >= 11 is 0. The van der Waals surface area contributed by atoms with E-state index in [4.69, 9.17) is 9.84 Å². The molecule has 1 aliphatic carbocycles. The highest BCUT2D eigenvalue weighted by atomic mass is 16.5. The summed E-state index contributed by atoms with van der Waals surface area (Å²) in [6.07, 6.45) is 3.81. The zero-order valence-electron chi connectivity index (χ0n) is 11.2. The van der Waals surface area contributed by atoms with E-state index >= 15 is 0 Å². The van der Waals surface area contributed by atoms with Crippen LogP contribution in [0, 0.1) is 0 Å². The van der Waals surface area contributed by atoms with E-state index in [0.717, 1.165) is 19.3 Å². The molecule has 1 saturated carbocycles. The Labute approximate surface area is 108 Å². The minimum Gasteiger partial charge on any atom is -0.481 e. The molecule has 2 N–H and O–H groups in total. The molecule has 0 heterocycles. The van der Waals surface area contributed by atoms with Crippen LogP contribution < -0.4 is 5.32 Å². The summed E-state index contributed by atoms with van der Waals surface area (Å²) in [5.74, 6) is -0.915. The fourth-order valence-corrected chi connectivity index (χ4v) is 2.15. The van der Waals surface area contributed by atoms with Crippen LogP contribution >= 0.6 is 0 Å². The number of hydrogen-bond donors (Lipinski definition) is 2. The molecule has 5 nitrogen and oxygen atoms in total. The van der Waals surface area contributed by atoms with Crippen molar-refractivity contribution in [3.8, 4) is 0 Å². The second-order valence-corrected chi connectivity index (χ2v) is 5.28. The Morgan fingerprint density at radius 1 is 1.39 bits per heavy atom. The second kappa shape index (κ2) is 6.73. The summed E-state index contributed by atoms with van der Waals surface area (Å²) < 4.78 is 5.35. The van der Waals surface area contributed by atoms with Crippen molar-refractivity contribution in [2.45, 2.75) is 64.0 Å². The van der Waals surface area contributed by atoms with Crippen molar-refractivity contribution in [1.29, 1.82) is 0 Å². The van der Waals surface area contributed by atoms with Gasteiger partial charge in [-0.3, -0.25) is 9.59 Å². The van der Waals surface area contributed by atoms with Crippen LogP contribution in [-0.4, -0.2) is 35.2 Å². The monoisotopic (exact) mass is 257 g/mol. The SMILES string of the molecule is CC(C)OCCCC(=O)NC1(CC(=O)O)CCC1. The molecule has 0 bridgehead atoms. The Kier molecular flexibility index (Phi) is 5.59. The van der Waals surface area contributed by atoms with E-state index in [1.54, 1.807) is 0 Å². The average molecular weight is 257 g/mol. The van der Waals surface area contributed by atoms with E-state index in [-0.39, 0.29) is 18.4 Å². The van der Waals surface area contributed by atoms with E-state index in [9.17, 15) is 9.59 Å². The molecule has 0 atom stereocenters. The molecule has 1 fully saturated rings. The Bertz CT molecular complexity index is 297. The van der Waals surface area contributed by atoms with Gasteiger partial charge in [0.05, 0.1) is 18.1 Å². The van der Waals surface area contributed by atoms with Crippen molar-refractivity contribution in [3.05, 3.63) is 0 Å². The lowest BCUT2D eigenvalue weighted by atomic mass is 9.74. The van der Waals surface area contributed by atoms with E-state index in [0.29, 0.717) is 19.4 Å². The number of aliphatic carboxylic acids is 1. The highest BCUT2D eigenvalue weighted by molar-refractivity contribution is 5.78. The molecule has 0 unspecified atom stereocenters. The lowest BCUT2D eigenvalue weighted by Crippen LogP contribution is -2.54. The first-order chi connectivity index (χ1) is 8.43. The van der Waals surface area contributed by atoms with Gasteiger partial charge < -0.3 is 15.2 Å². The van der Waals surface area contributed by atoms with Crippen LogP contribution in [0.5, 0.6) is 0 Å². The Hall–Kier alpha value is -1.10. The van der Waals surface area contributed by atoms with Gasteiger partial charge in [-0.15, -0.1) is 0 Å². The number of amides is 1. The number of carbonyl (C=O) groups excluding carboxylic acids is 1. The smallest absolute Gasteiger partial charge is 0.305 e. The van der Waals surface area contributed by atoms with Crippen LogP contribution in [0.1, 0.15) is 52.4 Å². The molecule has 0 aromatic rings. The van der Waals surface area contributed by atoms with Gasteiger partial charge >= 0.3 is 5.97 Å². The van der Waals surface area contributed by atoms with Crippen LogP contribution in [0.3, 0.4) is 0 Å². The fraction of sp³-hybridized carbons (Fsp3) is 0.846. The fourth-order valence-electron chi connectivity index (χ4n) is 2.15. The molecule has 1 rings (SSSR count). The molecular formula is C13H23NO4. The molecule has 0 aliphatic heterocycles. The van der Waals surface area contributed by atoms with Crippen molar-refractivity contribution in [2.75, 3.05) is 6.61 Å². The molecule has 18 heavy (non-hydrogen) atoms. The van der Waals surface area contributed by atoms with Crippen molar-refractivity contribution in [2.24, 2.45) is 0 Å². The van der Waals surface area contributed by atoms with Gasteiger partial charge in [-0.05, 0) is 39.5 Å². The molecule has 104 valence electrons. The molecular weight excluding hydrogens is 234 g/mol. The molecule has 5 heteroatoms. The van der Waals surface area contributed by atoms with Crippen LogP contribution in [0.2, 0.25) is 0 Å². The maximum atomic E-state index is 11.7. The second-order valence-electron chi connectivity index (χ2n) is 5.28. The van der Waals surface area contributed by atoms with Crippen molar-refractivity contribution >= 4 is 11.9 Å². The van der Waals surface area contributed by atoms with Gasteiger partial charge in [-0.2, -0.15) is 0 Å². The van der Waals surface area contributed by atoms with Crippen LogP contribution in [-0.2, 0) is 14.3 Å². The van der Waals surface area contributed by atoms with Crippen molar-refractivity contribution < 1.29 is 19.4 Å². The van der Waals surface area contributed by atoms with Gasteiger partial charge in [0.15, 0.2) is 0 Å². The molecule has 0 radical (unpaired) electrons. The highest BCUT2D eigenvalue weighted by Crippen LogP contribution is 2.34. The van der Waals surface area contributed by atoms with Gasteiger partial charge in [0, 0.05) is 13.0 Å². The minimum atomic E-state index is -0.849. The number of carboxylic acid groups (broad SMARTS) is 1. The zero-order chi connectivity index (χ0) is 13.6. The van der Waals surface area contributed by atoms with Crippen LogP contribution in [0.4, 0.5) is 0 Å². The summed E-state index contributed by atoms with van der Waals surface area (Å²) in [5, 5.41) is 11.7. The van der Waals surface area contributed by atoms with Gasteiger partial charge in [0.2, 0.25) is 5.91 Å². The normalized spacial score (nSPS) is 17.3. The number of nitrogens with one attached hydrogen (secondary N) is 1. The predicted octanol–water partition coefficient (Wildman–Crippen LogP) is 1.71. The molecule has 0 aromatic carbocycles. The maximum absolute atomic E-state index is 11.7. The van der Waals surface area contributed by atoms with Gasteiger partial charge in [0.25, 0.3) is 0 Å². The number of carboxylic acids is 1. The van der Waals surface area contributed by atoms with E-state index in [1.807, 2.05) is 13.8 Å². The van der Waals surface area contributed by atoms with E-state index in [1.165, 1.54) is 0 Å². The van der Waals surface area contributed by atoms with Crippen LogP contribution in [0.15, 0.2) is 0 Å². The third-order valence-corrected chi connectivity index (χ3v) is 3.20. The molecule has 0 aromatic heterocycles. The van der Waals surface area contributed by atoms with E-state index in [2.05, 4.69) is 5.32 Å². The quantitative estimate of drug-likeness (QED) is 0.649. The summed E-state index contributed by atoms with van der Waals surface area (Å²) in [6.45, 7) is 4.48. The maximum Gasteiger partial charge on any atom is 0.305 e. The minimum absolute atomic E-state index is 0.0290. The number of hydrogen-bond acceptors (Lipinski definition) is 3. The predicted molar refractivity (Wildman–Crippen MR) is 67.3 cm³/mol. The first-order valence-electron chi connectivity index (χ1n) is 6.58. The summed E-state index contributed by atoms with van der Waals surface area (Å²) in [5.41, 5.74) is -0.484. The van der Waals surface area contributed by atoms with E-state index < -0.39 is 11.5 Å². The number of ether oxygens (including phenoxy) is 1. The summed E-state index contributed by atoms with van der Waals surface area (Å²) in [4.78, 5) is 22.5. The number of rotatable bonds is 8. The Morgan fingerprint density at radius 2 is 2.06 bits per heavy atom. The first-order valence-corrected chi connectivity index (χ1v) is 6.58. The van der Waals surface area contributed by atoms with Crippen LogP contribution in [0.25, 0.3) is 0 Å². The summed E-state index contributed by atoms with van der Waals surface area (Å²) in [6, 6.07) is 0. The topological polar surface area (TPSA) is 75.6 Å². The number of carbonyl (C=O) groups is 2. The molecule has 0 saturated heterocycles. The Balaban J connectivity index is 2.23. The van der Waals surface area contributed by atoms with Gasteiger partial charge in [-0.25, -0.2) is 0 Å². The lowest BCUT2D eigenvalue weighted by molar-refractivity contribution is -0.140. The molecule has 0 spiro atoms. The average Bonchev–Trinajstić information content (AvgIpc) is 2.20. The van der Waals surface area contributed by atoms with Crippen molar-refractivity contribution in [3.63, 3.8) is 0 Å². The third kappa shape index (κ3) is 5.04. The zero-order valence-corrected chi connectivity index (χ0v) is 11.2. The third-order valence-electron chi connectivity index (χ3n) is 3.20. The van der Waals surface area contributed by atoms with Gasteiger partial charge in [-0.1, -0.05) is 0 Å². The lowest BCUT2D eigenvalue weighted by Gasteiger charge is -2.41. The van der Waals surface area contributed by atoms with Crippen molar-refractivity contribution in [1.82, 2.24) is 5.32 Å². The standard InChI is InChI=1S/C13H23NO4/c1-10(2)18-8-3-5-11(15)14-13(6-4-7-13)9-12(16)17/h10H,3-9H2,1-2H3,(H,14,15)(H,16,17). The molecule has 1 aliphatic rings. The summed E-state index contributed by atoms with van der Waals surface area (Å²) in [7, 11) is 0. The largest absolute Gasteiger partial charge is 0.481 e.